The van der Waals surface area contributed by atoms with Gasteiger partial charge in [0.15, 0.2) is 0 Å². The number of hydrogen-bond donors (Lipinski definition) is 1. The molecule has 1 heterocycles. The molecule has 4 aromatic rings. The molecule has 1 N–H and O–H groups in total. The monoisotopic (exact) mass is 662 g/mol. The van der Waals surface area contributed by atoms with Gasteiger partial charge in [0, 0.05) is 35.2 Å². The highest BCUT2D eigenvalue weighted by atomic mass is 35.5. The summed E-state index contributed by atoms with van der Waals surface area (Å²) >= 11 is 19.4. The Bertz CT molecular complexity index is 1740. The molecule has 0 radical (unpaired) electrons. The second kappa shape index (κ2) is 13.5. The molecule has 0 saturated heterocycles. The molecule has 0 unspecified atom stereocenters. The van der Waals surface area contributed by atoms with Crippen LogP contribution in [0.25, 0.3) is 11.3 Å². The summed E-state index contributed by atoms with van der Waals surface area (Å²) < 4.78 is 54.2. The first-order chi connectivity index (χ1) is 21.0. The average Bonchev–Trinajstić information content (AvgIpc) is 3.74. The van der Waals surface area contributed by atoms with Crippen LogP contribution >= 0.6 is 34.8 Å². The average molecular weight is 664 g/mol. The summed E-state index contributed by atoms with van der Waals surface area (Å²) in [6.45, 7) is -1.15. The largest absolute Gasteiger partial charge is 0.489 e. The molecule has 0 amide bonds. The van der Waals surface area contributed by atoms with Gasteiger partial charge >= 0.3 is 12.1 Å². The normalized spacial score (nSPS) is 12.9. The molecule has 0 aliphatic heterocycles. The van der Waals surface area contributed by atoms with Crippen molar-refractivity contribution in [3.8, 4) is 28.8 Å². The van der Waals surface area contributed by atoms with Crippen molar-refractivity contribution in [2.45, 2.75) is 38.1 Å². The van der Waals surface area contributed by atoms with Crippen molar-refractivity contribution in [3.63, 3.8) is 0 Å². The lowest BCUT2D eigenvalue weighted by atomic mass is 10.0. The number of esters is 1. The molecule has 3 aromatic carbocycles. The number of ether oxygens (including phenoxy) is 2. The number of carbonyl (C=O) groups excluding carboxylic acids is 1. The standard InChI is InChI=1S/C32H24Cl3F3N2O4/c1-42-31(41)22-12-18(11-19(13-22)15-39-17-32(36,37)38)5-6-20-9-10-23(14-27(20)35)43-16-24-29(40-44-30(24)21-7-8-21)28-25(33)3-2-4-26(28)34/h2-4,9-14,21,39H,7-8,15-17H2,1H3. The Labute approximate surface area is 266 Å². The predicted molar refractivity (Wildman–Crippen MR) is 161 cm³/mol. The number of benzene rings is 3. The predicted octanol–water partition coefficient (Wildman–Crippen LogP) is 8.60. The Morgan fingerprint density at radius 2 is 1.80 bits per heavy atom. The first kappa shape index (κ1) is 31.7. The van der Waals surface area contributed by atoms with Crippen molar-refractivity contribution >= 4 is 40.8 Å². The fourth-order valence-corrected chi connectivity index (χ4v) is 5.27. The second-order valence-electron chi connectivity index (χ2n) is 10.1. The van der Waals surface area contributed by atoms with E-state index in [1.807, 2.05) is 0 Å². The summed E-state index contributed by atoms with van der Waals surface area (Å²) in [6, 6.07) is 14.8. The number of nitrogens with one attached hydrogen (secondary N) is 1. The third-order valence-electron chi connectivity index (χ3n) is 6.70. The highest BCUT2D eigenvalue weighted by Gasteiger charge is 2.33. The summed E-state index contributed by atoms with van der Waals surface area (Å²) in [5.74, 6) is 6.72. The van der Waals surface area contributed by atoms with Crippen molar-refractivity contribution in [1.82, 2.24) is 10.5 Å². The van der Waals surface area contributed by atoms with E-state index in [1.165, 1.54) is 19.2 Å². The molecule has 1 fully saturated rings. The molecular weight excluding hydrogens is 640 g/mol. The van der Waals surface area contributed by atoms with Gasteiger partial charge in [-0.25, -0.2) is 4.79 Å². The van der Waals surface area contributed by atoms with Crippen molar-refractivity contribution in [1.29, 1.82) is 0 Å². The Morgan fingerprint density at radius 3 is 2.45 bits per heavy atom. The maximum atomic E-state index is 12.6. The molecule has 1 saturated carbocycles. The molecule has 0 spiro atoms. The number of methoxy groups -OCH3 is 1. The zero-order valence-electron chi connectivity index (χ0n) is 23.2. The molecule has 0 bridgehead atoms. The molecule has 228 valence electrons. The van der Waals surface area contributed by atoms with Crippen LogP contribution in [0.5, 0.6) is 5.75 Å². The molecule has 12 heteroatoms. The maximum absolute atomic E-state index is 12.6. The van der Waals surface area contributed by atoms with Gasteiger partial charge in [-0.2, -0.15) is 13.2 Å². The molecular formula is C32H24Cl3F3N2O4. The number of alkyl halides is 3. The number of aromatic nitrogens is 1. The first-order valence-electron chi connectivity index (χ1n) is 13.4. The van der Waals surface area contributed by atoms with Gasteiger partial charge in [-0.1, -0.05) is 57.9 Å². The number of carbonyl (C=O) groups is 1. The van der Waals surface area contributed by atoms with Crippen LogP contribution in [0, 0.1) is 11.8 Å². The lowest BCUT2D eigenvalue weighted by molar-refractivity contribution is -0.125. The van der Waals surface area contributed by atoms with Crippen LogP contribution in [0.1, 0.15) is 57.1 Å². The van der Waals surface area contributed by atoms with E-state index in [-0.39, 0.29) is 24.6 Å². The van der Waals surface area contributed by atoms with E-state index in [1.54, 1.807) is 42.5 Å². The lowest BCUT2D eigenvalue weighted by Crippen LogP contribution is -2.28. The Kier molecular flexibility index (Phi) is 9.76. The summed E-state index contributed by atoms with van der Waals surface area (Å²) in [4.78, 5) is 12.1. The van der Waals surface area contributed by atoms with Crippen LogP contribution in [0.2, 0.25) is 15.1 Å². The minimum Gasteiger partial charge on any atom is -0.489 e. The van der Waals surface area contributed by atoms with Crippen LogP contribution in [-0.2, 0) is 17.9 Å². The first-order valence-corrected chi connectivity index (χ1v) is 14.5. The van der Waals surface area contributed by atoms with Gasteiger partial charge in [-0.05, 0) is 60.9 Å². The molecule has 1 aliphatic carbocycles. The maximum Gasteiger partial charge on any atom is 0.401 e. The molecule has 5 rings (SSSR count). The number of hydrogen-bond acceptors (Lipinski definition) is 6. The van der Waals surface area contributed by atoms with Gasteiger partial charge in [0.2, 0.25) is 0 Å². The minimum atomic E-state index is -4.37. The van der Waals surface area contributed by atoms with E-state index in [9.17, 15) is 18.0 Å². The Hall–Kier alpha value is -3.68. The molecule has 1 aliphatic rings. The summed E-state index contributed by atoms with van der Waals surface area (Å²) in [5.41, 5.74) is 3.34. The Morgan fingerprint density at radius 1 is 1.05 bits per heavy atom. The SMILES string of the molecule is COC(=O)c1cc(C#Cc2ccc(OCc3c(-c4c(Cl)cccc4Cl)noc3C3CC3)cc2Cl)cc(CNCC(F)(F)F)c1. The van der Waals surface area contributed by atoms with Crippen molar-refractivity contribution in [2.75, 3.05) is 13.7 Å². The van der Waals surface area contributed by atoms with Gasteiger partial charge in [0.05, 0.1) is 39.8 Å². The highest BCUT2D eigenvalue weighted by molar-refractivity contribution is 6.39. The summed E-state index contributed by atoms with van der Waals surface area (Å²) in [5, 5.41) is 7.79. The van der Waals surface area contributed by atoms with Gasteiger partial charge in [0.25, 0.3) is 0 Å². The fourth-order valence-electron chi connectivity index (χ4n) is 4.48. The Balaban J connectivity index is 1.34. The van der Waals surface area contributed by atoms with E-state index < -0.39 is 18.7 Å². The van der Waals surface area contributed by atoms with E-state index >= 15 is 0 Å². The quantitative estimate of drug-likeness (QED) is 0.143. The molecule has 1 aromatic heterocycles. The minimum absolute atomic E-state index is 0.120. The van der Waals surface area contributed by atoms with Gasteiger partial charge in [0.1, 0.15) is 23.8 Å². The number of halogens is 6. The zero-order valence-corrected chi connectivity index (χ0v) is 25.4. The molecule has 44 heavy (non-hydrogen) atoms. The van der Waals surface area contributed by atoms with E-state index in [4.69, 9.17) is 48.8 Å². The zero-order chi connectivity index (χ0) is 31.4. The van der Waals surface area contributed by atoms with E-state index in [0.717, 1.165) is 24.2 Å². The van der Waals surface area contributed by atoms with Crippen LogP contribution in [0.15, 0.2) is 59.1 Å². The van der Waals surface area contributed by atoms with Crippen LogP contribution in [0.3, 0.4) is 0 Å². The fraction of sp³-hybridized carbons (Fsp3) is 0.250. The van der Waals surface area contributed by atoms with E-state index in [2.05, 4.69) is 22.3 Å². The topological polar surface area (TPSA) is 73.6 Å². The van der Waals surface area contributed by atoms with Crippen molar-refractivity contribution < 1.29 is 32.0 Å². The third kappa shape index (κ3) is 7.88. The highest BCUT2D eigenvalue weighted by Crippen LogP contribution is 2.46. The van der Waals surface area contributed by atoms with Crippen molar-refractivity contribution in [3.05, 3.63) is 103 Å². The van der Waals surface area contributed by atoms with Crippen LogP contribution < -0.4 is 10.1 Å². The summed E-state index contributed by atoms with van der Waals surface area (Å²) in [7, 11) is 1.22. The third-order valence-corrected chi connectivity index (χ3v) is 7.64. The number of nitrogens with zero attached hydrogens (tertiary/aromatic N) is 1. The van der Waals surface area contributed by atoms with E-state index in [0.29, 0.717) is 48.8 Å². The van der Waals surface area contributed by atoms with Crippen molar-refractivity contribution in [2.24, 2.45) is 0 Å². The van der Waals surface area contributed by atoms with Crippen LogP contribution in [-0.4, -0.2) is 31.0 Å². The van der Waals surface area contributed by atoms with Gasteiger partial charge in [-0.15, -0.1) is 0 Å². The summed E-state index contributed by atoms with van der Waals surface area (Å²) in [6.07, 6.45) is -2.38. The van der Waals surface area contributed by atoms with Gasteiger partial charge in [-0.3, -0.25) is 0 Å². The second-order valence-corrected chi connectivity index (χ2v) is 11.3. The molecule has 6 nitrogen and oxygen atoms in total. The number of rotatable bonds is 9. The van der Waals surface area contributed by atoms with Gasteiger partial charge < -0.3 is 19.3 Å². The lowest BCUT2D eigenvalue weighted by Gasteiger charge is -2.10. The van der Waals surface area contributed by atoms with Crippen LogP contribution in [0.4, 0.5) is 13.2 Å². The smallest absolute Gasteiger partial charge is 0.401 e. The molecule has 0 atom stereocenters.